The Morgan fingerprint density at radius 2 is 2.28 bits per heavy atom. The molecule has 2 rings (SSSR count). The van der Waals surface area contributed by atoms with Crippen molar-refractivity contribution in [2.75, 3.05) is 7.11 Å². The van der Waals surface area contributed by atoms with Gasteiger partial charge in [-0.25, -0.2) is 0 Å². The molecule has 0 unspecified atom stereocenters. The second-order valence-electron chi connectivity index (χ2n) is 4.11. The first-order valence-electron chi connectivity index (χ1n) is 5.56. The van der Waals surface area contributed by atoms with Crippen molar-refractivity contribution in [2.24, 2.45) is 5.73 Å². The molecular formula is C13H15N3OS. The van der Waals surface area contributed by atoms with E-state index in [4.69, 9.17) is 22.7 Å². The summed E-state index contributed by atoms with van der Waals surface area (Å²) >= 11 is 5.02. The minimum atomic E-state index is 0.338. The first kappa shape index (κ1) is 12.6. The largest absolute Gasteiger partial charge is 0.496 e. The van der Waals surface area contributed by atoms with Gasteiger partial charge in [0.15, 0.2) is 0 Å². The van der Waals surface area contributed by atoms with Gasteiger partial charge in [-0.1, -0.05) is 18.3 Å². The number of thiocarbonyl (C=S) groups is 1. The maximum atomic E-state index is 5.69. The maximum absolute atomic E-state index is 5.69. The minimum Gasteiger partial charge on any atom is -0.496 e. The standard InChI is InChI=1S/C13H15N3OS/c1-9-6-15-16(7-9)8-10-3-4-12(17-2)11(5-10)13(14)18/h3-7H,8H2,1-2H3,(H2,14,18). The molecule has 4 nitrogen and oxygen atoms in total. The molecule has 18 heavy (non-hydrogen) atoms. The Morgan fingerprint density at radius 3 is 2.83 bits per heavy atom. The number of hydrogen-bond acceptors (Lipinski definition) is 3. The fraction of sp³-hybridized carbons (Fsp3) is 0.231. The van der Waals surface area contributed by atoms with Crippen molar-refractivity contribution >= 4 is 17.2 Å². The lowest BCUT2D eigenvalue weighted by molar-refractivity contribution is 0.414. The lowest BCUT2D eigenvalue weighted by Gasteiger charge is -2.09. The number of hydrogen-bond donors (Lipinski definition) is 1. The van der Waals surface area contributed by atoms with Gasteiger partial charge in [0.2, 0.25) is 0 Å². The molecule has 0 radical (unpaired) electrons. The molecule has 2 aromatic rings. The zero-order chi connectivity index (χ0) is 13.1. The van der Waals surface area contributed by atoms with E-state index in [1.165, 1.54) is 0 Å². The number of nitrogens with zero attached hydrogens (tertiary/aromatic N) is 2. The van der Waals surface area contributed by atoms with Crippen LogP contribution in [0.5, 0.6) is 5.75 Å². The summed E-state index contributed by atoms with van der Waals surface area (Å²) in [5.41, 5.74) is 8.67. The second-order valence-corrected chi connectivity index (χ2v) is 4.55. The van der Waals surface area contributed by atoms with Gasteiger partial charge in [0.25, 0.3) is 0 Å². The Bertz CT molecular complexity index is 577. The molecule has 0 fully saturated rings. The van der Waals surface area contributed by atoms with Crippen LogP contribution >= 0.6 is 12.2 Å². The van der Waals surface area contributed by atoms with Crippen molar-refractivity contribution < 1.29 is 4.74 Å². The van der Waals surface area contributed by atoms with Crippen LogP contribution in [0.15, 0.2) is 30.6 Å². The minimum absolute atomic E-state index is 0.338. The molecule has 0 spiro atoms. The number of methoxy groups -OCH3 is 1. The molecule has 1 heterocycles. The summed E-state index contributed by atoms with van der Waals surface area (Å²) in [6, 6.07) is 5.80. The number of benzene rings is 1. The van der Waals surface area contributed by atoms with E-state index in [-0.39, 0.29) is 0 Å². The third-order valence-electron chi connectivity index (χ3n) is 2.64. The van der Waals surface area contributed by atoms with Gasteiger partial charge in [-0.05, 0) is 30.2 Å². The van der Waals surface area contributed by atoms with E-state index < -0.39 is 0 Å². The van der Waals surface area contributed by atoms with Gasteiger partial charge in [0.1, 0.15) is 10.7 Å². The van der Waals surface area contributed by atoms with Crippen LogP contribution in [0.25, 0.3) is 0 Å². The van der Waals surface area contributed by atoms with E-state index >= 15 is 0 Å². The molecule has 1 aromatic heterocycles. The summed E-state index contributed by atoms with van der Waals surface area (Å²) in [5.74, 6) is 0.697. The topological polar surface area (TPSA) is 53.1 Å². The van der Waals surface area contributed by atoms with Crippen LogP contribution in [-0.2, 0) is 6.54 Å². The SMILES string of the molecule is COc1ccc(Cn2cc(C)cn2)cc1C(N)=S. The molecule has 94 valence electrons. The van der Waals surface area contributed by atoms with E-state index in [0.717, 1.165) is 16.7 Å². The van der Waals surface area contributed by atoms with Crippen molar-refractivity contribution in [3.8, 4) is 5.75 Å². The molecule has 0 aliphatic carbocycles. The van der Waals surface area contributed by atoms with Gasteiger partial charge in [-0.3, -0.25) is 4.68 Å². The summed E-state index contributed by atoms with van der Waals surface area (Å²) < 4.78 is 7.10. The maximum Gasteiger partial charge on any atom is 0.129 e. The molecule has 5 heteroatoms. The van der Waals surface area contributed by atoms with Gasteiger partial charge < -0.3 is 10.5 Å². The molecule has 0 atom stereocenters. The molecule has 0 aliphatic heterocycles. The summed E-state index contributed by atoms with van der Waals surface area (Å²) in [5, 5.41) is 4.25. The molecule has 0 bridgehead atoms. The average Bonchev–Trinajstić information content (AvgIpc) is 2.74. The zero-order valence-electron chi connectivity index (χ0n) is 10.4. The number of ether oxygens (including phenoxy) is 1. The molecular weight excluding hydrogens is 246 g/mol. The first-order chi connectivity index (χ1) is 8.60. The molecule has 0 saturated carbocycles. The van der Waals surface area contributed by atoms with Crippen LogP contribution in [0.3, 0.4) is 0 Å². The van der Waals surface area contributed by atoms with Gasteiger partial charge >= 0.3 is 0 Å². The zero-order valence-corrected chi connectivity index (χ0v) is 11.2. The van der Waals surface area contributed by atoms with Gasteiger partial charge in [-0.2, -0.15) is 5.10 Å². The number of nitrogens with two attached hydrogens (primary N) is 1. The second kappa shape index (κ2) is 5.18. The third kappa shape index (κ3) is 2.68. The van der Waals surface area contributed by atoms with Crippen LogP contribution in [0.4, 0.5) is 0 Å². The Hall–Kier alpha value is -1.88. The van der Waals surface area contributed by atoms with Gasteiger partial charge in [0.05, 0.1) is 25.4 Å². The Labute approximate surface area is 111 Å². The van der Waals surface area contributed by atoms with E-state index in [1.54, 1.807) is 7.11 Å². The number of aromatic nitrogens is 2. The summed E-state index contributed by atoms with van der Waals surface area (Å²) in [7, 11) is 1.60. The van der Waals surface area contributed by atoms with E-state index in [1.807, 2.05) is 42.2 Å². The Balaban J connectivity index is 2.29. The quantitative estimate of drug-likeness (QED) is 0.854. The molecule has 0 amide bonds. The van der Waals surface area contributed by atoms with E-state index in [9.17, 15) is 0 Å². The fourth-order valence-electron chi connectivity index (χ4n) is 1.79. The summed E-state index contributed by atoms with van der Waals surface area (Å²) in [4.78, 5) is 0.338. The number of aryl methyl sites for hydroxylation is 1. The number of rotatable bonds is 4. The molecule has 0 saturated heterocycles. The molecule has 0 aliphatic rings. The fourth-order valence-corrected chi connectivity index (χ4v) is 1.95. The van der Waals surface area contributed by atoms with Gasteiger partial charge in [0, 0.05) is 6.20 Å². The van der Waals surface area contributed by atoms with E-state index in [0.29, 0.717) is 17.3 Å². The van der Waals surface area contributed by atoms with E-state index in [2.05, 4.69) is 5.10 Å². The average molecular weight is 261 g/mol. The smallest absolute Gasteiger partial charge is 0.129 e. The van der Waals surface area contributed by atoms with Crippen molar-refractivity contribution in [3.05, 3.63) is 47.3 Å². The monoisotopic (exact) mass is 261 g/mol. The van der Waals surface area contributed by atoms with Crippen LogP contribution < -0.4 is 10.5 Å². The highest BCUT2D eigenvalue weighted by Gasteiger charge is 2.07. The highest BCUT2D eigenvalue weighted by Crippen LogP contribution is 2.20. The van der Waals surface area contributed by atoms with Crippen molar-refractivity contribution in [2.45, 2.75) is 13.5 Å². The normalized spacial score (nSPS) is 10.3. The summed E-state index contributed by atoms with van der Waals surface area (Å²) in [6.07, 6.45) is 3.82. The third-order valence-corrected chi connectivity index (χ3v) is 2.86. The lowest BCUT2D eigenvalue weighted by atomic mass is 10.1. The van der Waals surface area contributed by atoms with Crippen LogP contribution in [0, 0.1) is 6.92 Å². The highest BCUT2D eigenvalue weighted by atomic mass is 32.1. The van der Waals surface area contributed by atoms with Crippen molar-refractivity contribution in [1.29, 1.82) is 0 Å². The predicted octanol–water partition coefficient (Wildman–Crippen LogP) is 1.88. The van der Waals surface area contributed by atoms with Crippen molar-refractivity contribution in [3.63, 3.8) is 0 Å². The first-order valence-corrected chi connectivity index (χ1v) is 5.96. The molecule has 1 aromatic carbocycles. The summed E-state index contributed by atoms with van der Waals surface area (Å²) in [6.45, 7) is 2.70. The van der Waals surface area contributed by atoms with Crippen LogP contribution in [0.2, 0.25) is 0 Å². The molecule has 2 N–H and O–H groups in total. The lowest BCUT2D eigenvalue weighted by Crippen LogP contribution is -2.12. The predicted molar refractivity (Wildman–Crippen MR) is 74.9 cm³/mol. The van der Waals surface area contributed by atoms with Crippen LogP contribution in [0.1, 0.15) is 16.7 Å². The highest BCUT2D eigenvalue weighted by molar-refractivity contribution is 7.80. The van der Waals surface area contributed by atoms with Crippen molar-refractivity contribution in [1.82, 2.24) is 9.78 Å². The Morgan fingerprint density at radius 1 is 1.50 bits per heavy atom. The Kier molecular flexibility index (Phi) is 3.62. The van der Waals surface area contributed by atoms with Crippen LogP contribution in [-0.4, -0.2) is 21.9 Å². The van der Waals surface area contributed by atoms with Gasteiger partial charge in [-0.15, -0.1) is 0 Å².